The molecule has 1 aromatic rings. The van der Waals surface area contributed by atoms with E-state index in [4.69, 9.17) is 4.43 Å². The van der Waals surface area contributed by atoms with E-state index in [0.717, 1.165) is 5.69 Å². The van der Waals surface area contributed by atoms with Gasteiger partial charge < -0.3 is 4.43 Å². The molecule has 1 rings (SSSR count). The fourth-order valence-corrected chi connectivity index (χ4v) is 8.58. The minimum absolute atomic E-state index is 0.626. The van der Waals surface area contributed by atoms with Crippen LogP contribution in [0.5, 0.6) is 0 Å². The average Bonchev–Trinajstić information content (AvgIpc) is 2.29. The van der Waals surface area contributed by atoms with Crippen LogP contribution < -0.4 is 0 Å². The highest BCUT2D eigenvalue weighted by Gasteiger charge is 2.44. The molecule has 2 nitrogen and oxygen atoms in total. The molecule has 1 heterocycles. The molecule has 0 saturated heterocycles. The second kappa shape index (κ2) is 6.48. The lowest BCUT2D eigenvalue weighted by atomic mass is 10.4. The van der Waals surface area contributed by atoms with Gasteiger partial charge in [0.25, 0.3) is 0 Å². The Morgan fingerprint density at radius 2 is 1.56 bits per heavy atom. The van der Waals surface area contributed by atoms with Crippen LogP contribution in [-0.4, -0.2) is 13.3 Å². The molecule has 0 spiro atoms. The summed E-state index contributed by atoms with van der Waals surface area (Å²) in [7, 11) is -1.75. The first-order valence-electron chi connectivity index (χ1n) is 6.95. The van der Waals surface area contributed by atoms with Gasteiger partial charge in [-0.15, -0.1) is 0 Å². The predicted octanol–water partition coefficient (Wildman–Crippen LogP) is 4.77. The standard InChI is InChI=1S/C15H27NOSi/c1-12(2)18(13(3)4,14(5)6)17-11-15-9-7-8-10-16-15/h7-10,12-14H,11H2,1-6H3. The predicted molar refractivity (Wildman–Crippen MR) is 80.1 cm³/mol. The van der Waals surface area contributed by atoms with Crippen molar-refractivity contribution < 1.29 is 4.43 Å². The monoisotopic (exact) mass is 265 g/mol. The fourth-order valence-electron chi connectivity index (χ4n) is 3.18. The van der Waals surface area contributed by atoms with Crippen molar-refractivity contribution in [2.75, 3.05) is 0 Å². The second-order valence-electron chi connectivity index (χ2n) is 5.93. The van der Waals surface area contributed by atoms with E-state index in [-0.39, 0.29) is 0 Å². The SMILES string of the molecule is CC(C)[Si](OCc1ccccn1)(C(C)C)C(C)C. The molecule has 0 aromatic carbocycles. The van der Waals surface area contributed by atoms with Crippen LogP contribution in [0.2, 0.25) is 16.6 Å². The fraction of sp³-hybridized carbons (Fsp3) is 0.667. The number of nitrogens with zero attached hydrogens (tertiary/aromatic N) is 1. The summed E-state index contributed by atoms with van der Waals surface area (Å²) in [6.45, 7) is 14.5. The van der Waals surface area contributed by atoms with E-state index in [1.807, 2.05) is 24.4 Å². The Morgan fingerprint density at radius 3 is 1.94 bits per heavy atom. The lowest BCUT2D eigenvalue weighted by Crippen LogP contribution is -2.47. The van der Waals surface area contributed by atoms with E-state index < -0.39 is 8.32 Å². The van der Waals surface area contributed by atoms with Gasteiger partial charge in [-0.05, 0) is 28.8 Å². The maximum atomic E-state index is 6.48. The van der Waals surface area contributed by atoms with Gasteiger partial charge in [0.05, 0.1) is 12.3 Å². The molecule has 0 aliphatic carbocycles. The van der Waals surface area contributed by atoms with Crippen molar-refractivity contribution in [3.05, 3.63) is 30.1 Å². The topological polar surface area (TPSA) is 22.1 Å². The van der Waals surface area contributed by atoms with Gasteiger partial charge in [0.2, 0.25) is 8.32 Å². The molecule has 0 fully saturated rings. The second-order valence-corrected chi connectivity index (χ2v) is 11.4. The van der Waals surface area contributed by atoms with E-state index >= 15 is 0 Å². The molecule has 0 unspecified atom stereocenters. The third-order valence-corrected chi connectivity index (χ3v) is 9.96. The lowest BCUT2D eigenvalue weighted by molar-refractivity contribution is 0.262. The lowest BCUT2D eigenvalue weighted by Gasteiger charge is -2.42. The van der Waals surface area contributed by atoms with Crippen molar-refractivity contribution >= 4 is 8.32 Å². The summed E-state index contributed by atoms with van der Waals surface area (Å²) >= 11 is 0. The first-order valence-corrected chi connectivity index (χ1v) is 9.09. The van der Waals surface area contributed by atoms with Gasteiger partial charge in [-0.25, -0.2) is 0 Å². The largest absolute Gasteiger partial charge is 0.410 e. The number of aromatic nitrogens is 1. The Bertz CT molecular complexity index is 327. The van der Waals surface area contributed by atoms with Crippen LogP contribution in [0.25, 0.3) is 0 Å². The maximum absolute atomic E-state index is 6.48. The smallest absolute Gasteiger partial charge is 0.200 e. The zero-order chi connectivity index (χ0) is 13.8. The number of hydrogen-bond donors (Lipinski definition) is 0. The van der Waals surface area contributed by atoms with Crippen LogP contribution in [0.1, 0.15) is 47.2 Å². The highest BCUT2D eigenvalue weighted by molar-refractivity contribution is 6.77. The third kappa shape index (κ3) is 3.21. The van der Waals surface area contributed by atoms with E-state index in [2.05, 4.69) is 46.5 Å². The molecule has 102 valence electrons. The Labute approximate surface area is 113 Å². The van der Waals surface area contributed by atoms with Crippen molar-refractivity contribution in [3.8, 4) is 0 Å². The van der Waals surface area contributed by atoms with Gasteiger partial charge in [0.1, 0.15) is 0 Å². The zero-order valence-corrected chi connectivity index (χ0v) is 13.6. The molecule has 0 atom stereocenters. The molecule has 0 aliphatic heterocycles. The summed E-state index contributed by atoms with van der Waals surface area (Å²) < 4.78 is 6.48. The minimum Gasteiger partial charge on any atom is -0.410 e. The van der Waals surface area contributed by atoms with Crippen molar-refractivity contribution in [1.29, 1.82) is 0 Å². The first kappa shape index (κ1) is 15.4. The van der Waals surface area contributed by atoms with Gasteiger partial charge in [-0.3, -0.25) is 4.98 Å². The van der Waals surface area contributed by atoms with Crippen LogP contribution in [0.4, 0.5) is 0 Å². The van der Waals surface area contributed by atoms with E-state index in [9.17, 15) is 0 Å². The molecule has 0 amide bonds. The zero-order valence-electron chi connectivity index (χ0n) is 12.6. The minimum atomic E-state index is -1.75. The summed E-state index contributed by atoms with van der Waals surface area (Å²) in [6, 6.07) is 6.01. The van der Waals surface area contributed by atoms with Gasteiger partial charge in [-0.2, -0.15) is 0 Å². The van der Waals surface area contributed by atoms with E-state index in [0.29, 0.717) is 23.2 Å². The molecule has 3 heteroatoms. The van der Waals surface area contributed by atoms with Crippen molar-refractivity contribution in [2.24, 2.45) is 0 Å². The van der Waals surface area contributed by atoms with Crippen LogP contribution in [0.3, 0.4) is 0 Å². The van der Waals surface area contributed by atoms with E-state index in [1.54, 1.807) is 0 Å². The van der Waals surface area contributed by atoms with Crippen LogP contribution >= 0.6 is 0 Å². The highest BCUT2D eigenvalue weighted by Crippen LogP contribution is 2.42. The molecule has 18 heavy (non-hydrogen) atoms. The van der Waals surface area contributed by atoms with Crippen LogP contribution in [0.15, 0.2) is 24.4 Å². The van der Waals surface area contributed by atoms with Gasteiger partial charge in [0.15, 0.2) is 0 Å². The summed E-state index contributed by atoms with van der Waals surface area (Å²) in [5.41, 5.74) is 2.92. The van der Waals surface area contributed by atoms with Crippen LogP contribution in [-0.2, 0) is 11.0 Å². The molecule has 0 bridgehead atoms. The molecule has 1 aromatic heterocycles. The normalized spacial score (nSPS) is 12.7. The molecule has 0 radical (unpaired) electrons. The Hall–Kier alpha value is -0.673. The number of rotatable bonds is 6. The average molecular weight is 265 g/mol. The summed E-state index contributed by atoms with van der Waals surface area (Å²) in [4.78, 5) is 4.36. The third-order valence-electron chi connectivity index (χ3n) is 3.90. The molecular formula is C15H27NOSi. The Balaban J connectivity index is 2.86. The Morgan fingerprint density at radius 1 is 1.00 bits per heavy atom. The summed E-state index contributed by atoms with van der Waals surface area (Å²) in [5.74, 6) is 0. The van der Waals surface area contributed by atoms with Crippen LogP contribution in [0, 0.1) is 0 Å². The van der Waals surface area contributed by atoms with Crippen molar-refractivity contribution in [3.63, 3.8) is 0 Å². The number of hydrogen-bond acceptors (Lipinski definition) is 2. The molecule has 0 aliphatic rings. The van der Waals surface area contributed by atoms with Gasteiger partial charge >= 0.3 is 0 Å². The van der Waals surface area contributed by atoms with Gasteiger partial charge in [0, 0.05) is 6.20 Å². The highest BCUT2D eigenvalue weighted by atomic mass is 28.4. The summed E-state index contributed by atoms with van der Waals surface area (Å²) in [6.07, 6.45) is 1.84. The van der Waals surface area contributed by atoms with E-state index in [1.165, 1.54) is 0 Å². The quantitative estimate of drug-likeness (QED) is 0.691. The Kier molecular flexibility index (Phi) is 5.54. The van der Waals surface area contributed by atoms with Gasteiger partial charge in [-0.1, -0.05) is 47.6 Å². The van der Waals surface area contributed by atoms with Crippen molar-refractivity contribution in [2.45, 2.75) is 64.8 Å². The molecular weight excluding hydrogens is 238 g/mol. The number of pyridine rings is 1. The maximum Gasteiger partial charge on any atom is 0.200 e. The van der Waals surface area contributed by atoms with Crippen molar-refractivity contribution in [1.82, 2.24) is 4.98 Å². The molecule has 0 N–H and O–H groups in total. The first-order chi connectivity index (χ1) is 8.41. The summed E-state index contributed by atoms with van der Waals surface area (Å²) in [5, 5.41) is 0. The molecule has 0 saturated carbocycles.